The van der Waals surface area contributed by atoms with Crippen molar-refractivity contribution in [2.45, 2.75) is 51.3 Å². The van der Waals surface area contributed by atoms with Crippen molar-refractivity contribution in [1.82, 2.24) is 19.5 Å². The van der Waals surface area contributed by atoms with E-state index in [1.54, 1.807) is 12.1 Å². The number of benzene rings is 1. The second-order valence-electron chi connectivity index (χ2n) is 8.94. The Hall–Kier alpha value is -2.97. The third-order valence-electron chi connectivity index (χ3n) is 6.67. The Morgan fingerprint density at radius 3 is 2.84 bits per heavy atom. The summed E-state index contributed by atoms with van der Waals surface area (Å²) in [6, 6.07) is 9.38. The molecule has 2 aliphatic rings. The van der Waals surface area contributed by atoms with Gasteiger partial charge in [-0.25, -0.2) is 9.50 Å². The van der Waals surface area contributed by atoms with E-state index >= 15 is 0 Å². The molecule has 32 heavy (non-hydrogen) atoms. The van der Waals surface area contributed by atoms with E-state index in [2.05, 4.69) is 11.8 Å². The lowest BCUT2D eigenvalue weighted by atomic mass is 9.97. The van der Waals surface area contributed by atoms with Gasteiger partial charge in [-0.15, -0.1) is 0 Å². The number of carbonyl (C=O) groups is 1. The number of aryl methyl sites for hydroxylation is 1. The van der Waals surface area contributed by atoms with Gasteiger partial charge >= 0.3 is 0 Å². The summed E-state index contributed by atoms with van der Waals surface area (Å²) in [6.45, 7) is 4.32. The third kappa shape index (κ3) is 3.73. The first-order chi connectivity index (χ1) is 15.5. The summed E-state index contributed by atoms with van der Waals surface area (Å²) in [4.78, 5) is 22.5. The number of nitrogens with zero attached hydrogens (tertiary/aromatic N) is 5. The molecule has 0 radical (unpaired) electrons. The zero-order chi connectivity index (χ0) is 22.2. The van der Waals surface area contributed by atoms with Crippen LogP contribution in [0.1, 0.15) is 58.9 Å². The molecule has 2 aliphatic heterocycles. The predicted octanol–water partition coefficient (Wildman–Crippen LogP) is 2.43. The Kier molecular flexibility index (Phi) is 5.57. The van der Waals surface area contributed by atoms with Gasteiger partial charge in [-0.2, -0.15) is 5.10 Å². The molecule has 2 saturated heterocycles. The van der Waals surface area contributed by atoms with Crippen LogP contribution >= 0.6 is 0 Å². The Balaban J connectivity index is 1.48. The first-order valence-electron chi connectivity index (χ1n) is 11.4. The zero-order valence-electron chi connectivity index (χ0n) is 18.4. The molecule has 0 saturated carbocycles. The van der Waals surface area contributed by atoms with E-state index < -0.39 is 0 Å². The molecular weight excluding hydrogens is 404 g/mol. The Bertz CT molecular complexity index is 1140. The van der Waals surface area contributed by atoms with E-state index in [4.69, 9.17) is 15.8 Å². The summed E-state index contributed by atoms with van der Waals surface area (Å²) in [5.74, 6) is 0.914. The van der Waals surface area contributed by atoms with Crippen LogP contribution in [0, 0.1) is 6.92 Å². The highest BCUT2D eigenvalue weighted by atomic mass is 16.3. The van der Waals surface area contributed by atoms with Crippen molar-refractivity contribution in [3.63, 3.8) is 0 Å². The predicted molar refractivity (Wildman–Crippen MR) is 123 cm³/mol. The highest BCUT2D eigenvalue weighted by Gasteiger charge is 2.32. The first-order valence-corrected chi connectivity index (χ1v) is 11.4. The van der Waals surface area contributed by atoms with Crippen LogP contribution in [0.15, 0.2) is 36.5 Å². The molecule has 3 N–H and O–H groups in total. The van der Waals surface area contributed by atoms with E-state index in [1.807, 2.05) is 33.8 Å². The van der Waals surface area contributed by atoms with Gasteiger partial charge < -0.3 is 20.6 Å². The second-order valence-corrected chi connectivity index (χ2v) is 8.94. The highest BCUT2D eigenvalue weighted by molar-refractivity contribution is 5.96. The molecule has 2 aromatic heterocycles. The van der Waals surface area contributed by atoms with E-state index in [9.17, 15) is 9.90 Å². The summed E-state index contributed by atoms with van der Waals surface area (Å²) in [6.07, 6.45) is 5.87. The molecule has 0 spiro atoms. The number of piperidine rings is 1. The summed E-state index contributed by atoms with van der Waals surface area (Å²) >= 11 is 0. The van der Waals surface area contributed by atoms with Gasteiger partial charge in [-0.3, -0.25) is 4.79 Å². The summed E-state index contributed by atoms with van der Waals surface area (Å²) in [5, 5.41) is 14.5. The maximum absolute atomic E-state index is 13.4. The highest BCUT2D eigenvalue weighted by Crippen LogP contribution is 2.33. The fourth-order valence-corrected chi connectivity index (χ4v) is 4.99. The molecule has 1 unspecified atom stereocenters. The lowest BCUT2D eigenvalue weighted by Crippen LogP contribution is -2.39. The van der Waals surface area contributed by atoms with E-state index in [-0.39, 0.29) is 24.6 Å². The number of aromatic nitrogens is 3. The number of hydrogen-bond donors (Lipinski definition) is 2. The molecule has 0 bridgehead atoms. The molecule has 3 aromatic rings. The van der Waals surface area contributed by atoms with Gasteiger partial charge in [0.15, 0.2) is 5.65 Å². The average molecular weight is 435 g/mol. The maximum atomic E-state index is 13.4. The van der Waals surface area contributed by atoms with Gasteiger partial charge in [0.1, 0.15) is 5.82 Å². The zero-order valence-corrected chi connectivity index (χ0v) is 18.4. The minimum Gasteiger partial charge on any atom is -0.392 e. The standard InChI is InChI=1S/C24H30N6O2/c1-16-13-30-22(26-23(16)28-11-9-18(25)14-28)12-20(27-30)21-8-4-5-10-29(21)24(32)19-7-3-2-6-17(19)15-31/h2-3,6-7,12-13,18,21,31H,4-5,8-11,14-15,25H2,1H3/t18?,21-/m0/s1. The van der Waals surface area contributed by atoms with Crippen LogP contribution in [0.2, 0.25) is 0 Å². The monoisotopic (exact) mass is 434 g/mol. The second kappa shape index (κ2) is 8.52. The van der Waals surface area contributed by atoms with Gasteiger partial charge in [-0.1, -0.05) is 18.2 Å². The van der Waals surface area contributed by atoms with Crippen molar-refractivity contribution in [2.24, 2.45) is 5.73 Å². The molecule has 5 rings (SSSR count). The van der Waals surface area contributed by atoms with Crippen LogP contribution in [-0.2, 0) is 6.61 Å². The Morgan fingerprint density at radius 2 is 2.06 bits per heavy atom. The minimum absolute atomic E-state index is 0.0488. The van der Waals surface area contributed by atoms with Crippen LogP contribution in [0.4, 0.5) is 5.82 Å². The van der Waals surface area contributed by atoms with Crippen molar-refractivity contribution >= 4 is 17.4 Å². The first kappa shape index (κ1) is 20.9. The van der Waals surface area contributed by atoms with Gasteiger partial charge in [0, 0.05) is 49.1 Å². The number of amides is 1. The fraction of sp³-hybridized carbons (Fsp3) is 0.458. The SMILES string of the molecule is Cc1cn2nc([C@@H]3CCCCN3C(=O)c3ccccc3CO)cc2nc1N1CCC(N)C1. The number of aliphatic hydroxyl groups is 1. The fourth-order valence-electron chi connectivity index (χ4n) is 4.99. The third-order valence-corrected chi connectivity index (χ3v) is 6.67. The summed E-state index contributed by atoms with van der Waals surface area (Å²) in [7, 11) is 0. The van der Waals surface area contributed by atoms with Crippen LogP contribution < -0.4 is 10.6 Å². The number of anilines is 1. The van der Waals surface area contributed by atoms with Crippen LogP contribution in [0.25, 0.3) is 5.65 Å². The Morgan fingerprint density at radius 1 is 1.22 bits per heavy atom. The van der Waals surface area contributed by atoms with Crippen molar-refractivity contribution < 1.29 is 9.90 Å². The molecule has 8 heteroatoms. The van der Waals surface area contributed by atoms with Crippen LogP contribution in [-0.4, -0.2) is 56.2 Å². The molecule has 2 fully saturated rings. The molecule has 0 aliphatic carbocycles. The van der Waals surface area contributed by atoms with Crippen molar-refractivity contribution in [3.05, 3.63) is 58.9 Å². The van der Waals surface area contributed by atoms with E-state index in [0.717, 1.165) is 61.5 Å². The molecular formula is C24H30N6O2. The largest absolute Gasteiger partial charge is 0.392 e. The van der Waals surface area contributed by atoms with Crippen molar-refractivity contribution in [2.75, 3.05) is 24.5 Å². The molecule has 1 amide bonds. The van der Waals surface area contributed by atoms with Gasteiger partial charge in [0.05, 0.1) is 18.3 Å². The number of carbonyl (C=O) groups excluding carboxylic acids is 1. The number of rotatable bonds is 4. The van der Waals surface area contributed by atoms with Crippen LogP contribution in [0.5, 0.6) is 0 Å². The average Bonchev–Trinajstić information content (AvgIpc) is 3.43. The van der Waals surface area contributed by atoms with Crippen LogP contribution in [0.3, 0.4) is 0 Å². The van der Waals surface area contributed by atoms with Crippen molar-refractivity contribution in [3.8, 4) is 0 Å². The number of aliphatic hydroxyl groups excluding tert-OH is 1. The molecule has 4 heterocycles. The number of fused-ring (bicyclic) bond motifs is 1. The smallest absolute Gasteiger partial charge is 0.254 e. The van der Waals surface area contributed by atoms with Gasteiger partial charge in [-0.05, 0) is 44.2 Å². The Labute approximate surface area is 187 Å². The van der Waals surface area contributed by atoms with E-state index in [1.165, 1.54) is 0 Å². The normalized spacial score (nSPS) is 21.5. The number of hydrogen-bond acceptors (Lipinski definition) is 6. The number of nitrogens with two attached hydrogens (primary N) is 1. The quantitative estimate of drug-likeness (QED) is 0.654. The topological polar surface area (TPSA) is 100.0 Å². The lowest BCUT2D eigenvalue weighted by Gasteiger charge is -2.35. The van der Waals surface area contributed by atoms with Crippen molar-refractivity contribution in [1.29, 1.82) is 0 Å². The minimum atomic E-state index is -0.152. The summed E-state index contributed by atoms with van der Waals surface area (Å²) in [5.41, 5.74) is 10.0. The molecule has 1 aromatic carbocycles. The number of likely N-dealkylation sites (tertiary alicyclic amines) is 1. The van der Waals surface area contributed by atoms with E-state index in [0.29, 0.717) is 17.7 Å². The lowest BCUT2D eigenvalue weighted by molar-refractivity contribution is 0.0602. The molecule has 8 nitrogen and oxygen atoms in total. The maximum Gasteiger partial charge on any atom is 0.254 e. The molecule has 2 atom stereocenters. The summed E-state index contributed by atoms with van der Waals surface area (Å²) < 4.78 is 1.82. The van der Waals surface area contributed by atoms with Gasteiger partial charge in [0.2, 0.25) is 0 Å². The molecule has 168 valence electrons. The van der Waals surface area contributed by atoms with Gasteiger partial charge in [0.25, 0.3) is 5.91 Å².